The number of hydrogen-bond acceptors (Lipinski definition) is 37. The number of aliphatic hydroxyl groups excluding tert-OH is 3. The minimum absolute atomic E-state index is 0.0573. The highest BCUT2D eigenvalue weighted by Crippen LogP contribution is 2.69. The summed E-state index contributed by atoms with van der Waals surface area (Å²) < 4.78 is 160. The van der Waals surface area contributed by atoms with Crippen molar-refractivity contribution in [1.29, 1.82) is 0 Å². The zero-order valence-electron chi connectivity index (χ0n) is 63.5. The highest BCUT2D eigenvalue weighted by molar-refractivity contribution is 7.68. The first-order chi connectivity index (χ1) is 57.9. The zero-order chi connectivity index (χ0) is 91.1. The Morgan fingerprint density at radius 1 is 0.427 bits per heavy atom. The molecule has 10 heterocycles. The fraction of sp³-hybridized carbons (Fsp3) is 0.367. The van der Waals surface area contributed by atoms with E-state index in [0.29, 0.717) is 76.6 Å². The number of anilines is 3. The number of nitrogens with two attached hydrogens (primary N) is 3. The Bertz CT molecular complexity index is 5440. The summed E-state index contributed by atoms with van der Waals surface area (Å²) >= 11 is 0. The van der Waals surface area contributed by atoms with Crippen LogP contribution in [0.3, 0.4) is 0 Å². The molecule has 64 heteroatoms. The van der Waals surface area contributed by atoms with Gasteiger partial charge in [0.05, 0.1) is 54.3 Å². The molecule has 24 N–H and O–H groups in total. The number of amides is 3. The third kappa shape index (κ3) is 30.5. The number of phosphoric ester groups is 3. The number of nitrogen functional groups attached to an aromatic ring is 3. The van der Waals surface area contributed by atoms with Crippen molar-refractivity contribution < 1.29 is 183 Å². The fourth-order valence-corrected chi connectivity index (χ4v) is 20.8. The van der Waals surface area contributed by atoms with Crippen molar-refractivity contribution in [1.82, 2.24) is 64.5 Å². The van der Waals surface area contributed by atoms with Crippen molar-refractivity contribution in [2.24, 2.45) is 0 Å². The largest absolute Gasteiger partial charge is 0.490 e. The molecule has 0 spiro atoms. The summed E-state index contributed by atoms with van der Waals surface area (Å²) in [7, 11) is -50.0. The van der Waals surface area contributed by atoms with Crippen molar-refractivity contribution in [2.45, 2.75) is 101 Å². The second kappa shape index (κ2) is 42.5. The lowest BCUT2D eigenvalue weighted by Gasteiger charge is -2.19. The van der Waals surface area contributed by atoms with Gasteiger partial charge in [-0.15, -0.1) is 0 Å². The molecule has 0 saturated carbocycles. The topological polar surface area (TPSA) is 838 Å². The van der Waals surface area contributed by atoms with Crippen LogP contribution in [0.5, 0.6) is 0 Å². The average Bonchev–Trinajstić information content (AvgIpc) is 1.62. The predicted octanol–water partition coefficient (Wildman–Crippen LogP) is 2.69. The molecule has 3 fully saturated rings. The number of nitrogens with one attached hydrogen (secondary N) is 3. The van der Waals surface area contributed by atoms with E-state index in [9.17, 15) is 100 Å². The normalized spacial score (nSPS) is 22.5. The van der Waals surface area contributed by atoms with Gasteiger partial charge in [-0.1, -0.05) is 43.3 Å². The van der Waals surface area contributed by atoms with Crippen molar-refractivity contribution in [3.05, 3.63) is 138 Å². The molecule has 7 aromatic heterocycles. The Hall–Kier alpha value is -7.75. The SMILES string of the molecule is CCCNC(=O)/C=C/c1cn([C@H]2CC(O)[C@@H](COP(=O)(O)OP(=O)(O)OP(=O)(O)O)O2)c2ncnc(N)c12.Nc1ncnc2c1c(/C=C/C(=O)NCCc1ccccc1)cn2[C@H]1CC(O)[C@@H](COP(=O)(O)OP(=O)(O)OP(=O)(O)O)O1.Nc1ncnc2c1c(/C=C/C(=O)NCCc1ccccn1)cn2[C@H]1CC(O)[C@@H](COP(=O)(O)OP(=O)(O)OP(=O)(O)O)O1. The lowest BCUT2D eigenvalue weighted by molar-refractivity contribution is -0.117. The third-order valence-corrected chi connectivity index (χ3v) is 28.2. The van der Waals surface area contributed by atoms with Crippen LogP contribution < -0.4 is 33.2 Å². The summed E-state index contributed by atoms with van der Waals surface area (Å²) in [6.07, 6.45) is 9.75. The van der Waals surface area contributed by atoms with Gasteiger partial charge in [0.25, 0.3) is 0 Å². The first kappa shape index (κ1) is 100. The molecule has 0 aliphatic carbocycles. The van der Waals surface area contributed by atoms with Gasteiger partial charge in [-0.3, -0.25) is 32.9 Å². The van der Waals surface area contributed by atoms with Gasteiger partial charge in [-0.2, -0.15) is 25.9 Å². The van der Waals surface area contributed by atoms with Crippen molar-refractivity contribution in [2.75, 3.05) is 56.7 Å². The predicted molar refractivity (Wildman–Crippen MR) is 423 cm³/mol. The fourth-order valence-electron chi connectivity index (χ4n) is 11.7. The second-order valence-corrected chi connectivity index (χ2v) is 39.2. The third-order valence-electron chi connectivity index (χ3n) is 16.8. The number of ether oxygens (including phenoxy) is 3. The molecule has 8 aromatic rings. The molecule has 0 radical (unpaired) electrons. The number of carbonyl (C=O) groups excluding carboxylic acids is 3. The molecule has 3 amide bonds. The van der Waals surface area contributed by atoms with Gasteiger partial charge in [0.2, 0.25) is 17.7 Å². The first-order valence-electron chi connectivity index (χ1n) is 35.4. The number of carbonyl (C=O) groups is 3. The van der Waals surface area contributed by atoms with E-state index in [1.165, 1.54) is 69.1 Å². The number of phosphoric acid groups is 9. The molecule has 1 aromatic carbocycles. The summed E-state index contributed by atoms with van der Waals surface area (Å²) in [6, 6.07) is 15.1. The minimum Gasteiger partial charge on any atom is -0.390 e. The number of benzene rings is 1. The monoisotopic (exact) mass is 1930 g/mol. The summed E-state index contributed by atoms with van der Waals surface area (Å²) in [5, 5.41) is 40.8. The molecule has 3 saturated heterocycles. The number of nitrogens with zero attached hydrogens (tertiary/aromatic N) is 10. The minimum atomic E-state index is -5.71. The van der Waals surface area contributed by atoms with Crippen LogP contribution in [0.15, 0.2) is 111 Å². The highest BCUT2D eigenvalue weighted by Gasteiger charge is 2.47. The van der Waals surface area contributed by atoms with E-state index >= 15 is 0 Å². The van der Waals surface area contributed by atoms with Gasteiger partial charge in [-0.05, 0) is 48.8 Å². The Morgan fingerprint density at radius 3 is 1.05 bits per heavy atom. The molecule has 11 rings (SSSR count). The van der Waals surface area contributed by atoms with Crippen LogP contribution >= 0.6 is 70.4 Å². The number of pyridine rings is 1. The number of aliphatic hydroxyl groups is 3. The molecule has 0 bridgehead atoms. The molecule has 55 nitrogen and oxygen atoms in total. The van der Waals surface area contributed by atoms with E-state index in [2.05, 4.69) is 90.3 Å². The number of rotatable bonds is 38. The van der Waals surface area contributed by atoms with Crippen LogP contribution in [0.2, 0.25) is 0 Å². The molecule has 15 atom stereocenters. The standard InChI is InChI=1S/C22H28N5O13P3.C21H27N6O13P3.C17H26N5O13P3/c23-21-20-15(6-7-18(29)24-9-8-14-4-2-1-3-5-14)11-27(22(20)26-13-25-21)19-10-16(28)17(38-19)12-37-42(33,34)40-43(35,36)39-41(30,31)32;22-20-19-13(4-5-17(29)24-8-6-14-3-1-2-7-23-14)10-27(21(19)26-12-25-20)18-9-15(28)16(38-18)11-37-42(33,34)40-43(35,36)39-41(30,31)32;1-2-5-19-13(24)4-3-10-7-22(17-15(10)16(18)20-9-21-17)14-6-11(23)12(33-14)8-32-37(28,29)35-38(30,31)34-36(25,26)27/h1-7,11,13,16-17,19,28H,8-10,12H2,(H,24,29)(H,33,34)(H,35,36)(H2,23,25,26)(H2,30,31,32);1-5,7,10,12,15-16,18,28H,6,8-9,11H2,(H,24,29)(H,33,34)(H,35,36)(H2,22,25,26)(H2,30,31,32);3-4,7,9,11-12,14,23H,2,5-6,8H2,1H3,(H,19,24)(H,28,29)(H,30,31)(H2,18,20,21)(H2,25,26,27)/b7-6+;5-4+;4-3+/t16?,17-,19-;15?,16-,18-;11?,12-,14-/m111/s1. The molecule has 124 heavy (non-hydrogen) atoms. The van der Waals surface area contributed by atoms with Crippen LogP contribution in [-0.2, 0) is 122 Å². The molecule has 680 valence electrons. The van der Waals surface area contributed by atoms with E-state index in [1.807, 2.05) is 49.4 Å². The van der Waals surface area contributed by atoms with Gasteiger partial charge in [0, 0.05) is 111 Å². The van der Waals surface area contributed by atoms with Gasteiger partial charge in [0.15, 0.2) is 0 Å². The number of aromatic nitrogens is 10. The Labute approximate surface area is 697 Å². The maximum absolute atomic E-state index is 12.4. The Balaban J connectivity index is 0.000000211. The molecule has 3 aliphatic heterocycles. The van der Waals surface area contributed by atoms with E-state index in [4.69, 9.17) is 60.8 Å². The summed E-state index contributed by atoms with van der Waals surface area (Å²) in [6.45, 7) is 0.644. The van der Waals surface area contributed by atoms with E-state index in [0.717, 1.165) is 17.7 Å². The van der Waals surface area contributed by atoms with Gasteiger partial charge in [-0.25, -0.2) is 71.0 Å². The Morgan fingerprint density at radius 2 is 0.742 bits per heavy atom. The van der Waals surface area contributed by atoms with Gasteiger partial charge in [0.1, 0.15) is 90.4 Å². The lowest BCUT2D eigenvalue weighted by Crippen LogP contribution is -2.26. The number of fused-ring (bicyclic) bond motifs is 3. The molecular formula is C60H81N16O39P9. The molecular weight excluding hydrogens is 1850 g/mol. The quantitative estimate of drug-likeness (QED) is 0.0195. The molecule has 9 unspecified atom stereocenters. The second-order valence-electron chi connectivity index (χ2n) is 26.0. The smallest absolute Gasteiger partial charge is 0.390 e. The Kier molecular flexibility index (Phi) is 34.2. The van der Waals surface area contributed by atoms with Crippen molar-refractivity contribution in [3.8, 4) is 0 Å². The van der Waals surface area contributed by atoms with Gasteiger partial charge >= 0.3 is 70.4 Å². The average molecular weight is 1930 g/mol. The lowest BCUT2D eigenvalue weighted by atomic mass is 10.1. The first-order valence-corrected chi connectivity index (χ1v) is 48.9. The van der Waals surface area contributed by atoms with Crippen molar-refractivity contribution in [3.63, 3.8) is 0 Å². The van der Waals surface area contributed by atoms with Gasteiger partial charge < -0.3 is 135 Å². The highest BCUT2D eigenvalue weighted by atomic mass is 31.3. The maximum Gasteiger partial charge on any atom is 0.490 e. The molecule has 3 aliphatic rings. The number of hydrogen-bond donors (Lipinski definition) is 21. The van der Waals surface area contributed by atoms with E-state index in [-0.39, 0.29) is 60.1 Å². The van der Waals surface area contributed by atoms with Crippen LogP contribution in [0.1, 0.15) is 79.2 Å². The van der Waals surface area contributed by atoms with Crippen molar-refractivity contribution >= 4 is 157 Å². The zero-order valence-corrected chi connectivity index (χ0v) is 71.6. The van der Waals surface area contributed by atoms with Crippen LogP contribution in [0, 0.1) is 0 Å². The maximum atomic E-state index is 12.4. The van der Waals surface area contributed by atoms with E-state index < -0.39 is 146 Å². The summed E-state index contributed by atoms with van der Waals surface area (Å²) in [4.78, 5) is 174. The van der Waals surface area contributed by atoms with Crippen LogP contribution in [0.25, 0.3) is 51.3 Å². The summed E-state index contributed by atoms with van der Waals surface area (Å²) in [5.41, 5.74) is 22.3. The van der Waals surface area contributed by atoms with Crippen LogP contribution in [0.4, 0.5) is 17.5 Å². The summed E-state index contributed by atoms with van der Waals surface area (Å²) in [5.74, 6) is -0.748. The van der Waals surface area contributed by atoms with Crippen LogP contribution in [-0.4, -0.2) is 216 Å². The van der Waals surface area contributed by atoms with E-state index in [1.54, 1.807) is 30.9 Å².